The predicted molar refractivity (Wildman–Crippen MR) is 96.9 cm³/mol. The molecule has 0 spiro atoms. The second kappa shape index (κ2) is 7.39. The van der Waals surface area contributed by atoms with Crippen LogP contribution in [0.4, 0.5) is 4.39 Å². The highest BCUT2D eigenvalue weighted by molar-refractivity contribution is 7.14. The number of hydrogen-bond acceptors (Lipinski definition) is 4. The van der Waals surface area contributed by atoms with Crippen LogP contribution in [-0.2, 0) is 11.3 Å². The number of thiophene rings is 1. The van der Waals surface area contributed by atoms with Gasteiger partial charge in [0.15, 0.2) is 0 Å². The normalized spacial score (nSPS) is 16.7. The van der Waals surface area contributed by atoms with Gasteiger partial charge >= 0.3 is 0 Å². The first kappa shape index (κ1) is 16.9. The molecular formula is C19H18FN3O2S. The minimum Gasteiger partial charge on any atom is -0.373 e. The van der Waals surface area contributed by atoms with Gasteiger partial charge in [0.2, 0.25) is 0 Å². The average molecular weight is 371 g/mol. The van der Waals surface area contributed by atoms with E-state index in [0.717, 1.165) is 35.6 Å². The van der Waals surface area contributed by atoms with E-state index in [-0.39, 0.29) is 17.8 Å². The Morgan fingerprint density at radius 1 is 1.31 bits per heavy atom. The SMILES string of the molecule is O=C(NCc1cnn(-c2ccc(F)cc2)c1)c1ccc([C@H]2CCCO2)s1. The fourth-order valence-corrected chi connectivity index (χ4v) is 3.91. The predicted octanol–water partition coefficient (Wildman–Crippen LogP) is 3.85. The highest BCUT2D eigenvalue weighted by Gasteiger charge is 2.20. The number of benzene rings is 1. The standard InChI is InChI=1S/C19H18FN3O2S/c20-14-3-5-15(6-4-14)23-12-13(11-22-23)10-21-19(24)18-8-7-17(26-18)16-2-1-9-25-16/h3-8,11-12,16H,1-2,9-10H2,(H,21,24)/t16-/m1/s1. The van der Waals surface area contributed by atoms with Crippen molar-refractivity contribution in [1.29, 1.82) is 0 Å². The molecule has 3 heterocycles. The van der Waals surface area contributed by atoms with Crippen LogP contribution in [0.3, 0.4) is 0 Å². The zero-order valence-electron chi connectivity index (χ0n) is 14.0. The summed E-state index contributed by atoms with van der Waals surface area (Å²) in [6.45, 7) is 1.18. The summed E-state index contributed by atoms with van der Waals surface area (Å²) in [5.41, 5.74) is 1.64. The average Bonchev–Trinajstić information content (AvgIpc) is 3.41. The molecule has 2 aromatic heterocycles. The van der Waals surface area contributed by atoms with Crippen molar-refractivity contribution in [3.63, 3.8) is 0 Å². The van der Waals surface area contributed by atoms with E-state index >= 15 is 0 Å². The summed E-state index contributed by atoms with van der Waals surface area (Å²) in [6.07, 6.45) is 5.73. The van der Waals surface area contributed by atoms with Crippen molar-refractivity contribution >= 4 is 17.2 Å². The van der Waals surface area contributed by atoms with Crippen LogP contribution < -0.4 is 5.32 Å². The minimum atomic E-state index is -0.285. The van der Waals surface area contributed by atoms with Gasteiger partial charge in [-0.05, 0) is 49.2 Å². The molecule has 26 heavy (non-hydrogen) atoms. The molecule has 0 radical (unpaired) electrons. The van der Waals surface area contributed by atoms with Gasteiger partial charge in [0.1, 0.15) is 5.82 Å². The zero-order valence-corrected chi connectivity index (χ0v) is 14.8. The Balaban J connectivity index is 1.36. The van der Waals surface area contributed by atoms with Gasteiger partial charge in [-0.15, -0.1) is 11.3 Å². The maximum Gasteiger partial charge on any atom is 0.261 e. The molecule has 1 N–H and O–H groups in total. The van der Waals surface area contributed by atoms with Crippen molar-refractivity contribution in [3.05, 3.63) is 69.9 Å². The van der Waals surface area contributed by atoms with Crippen LogP contribution >= 0.6 is 11.3 Å². The Hall–Kier alpha value is -2.51. The Morgan fingerprint density at radius 3 is 2.92 bits per heavy atom. The number of carbonyl (C=O) groups is 1. The van der Waals surface area contributed by atoms with Gasteiger partial charge in [-0.25, -0.2) is 9.07 Å². The van der Waals surface area contributed by atoms with E-state index in [2.05, 4.69) is 10.4 Å². The molecule has 5 nitrogen and oxygen atoms in total. The van der Waals surface area contributed by atoms with Gasteiger partial charge < -0.3 is 10.1 Å². The van der Waals surface area contributed by atoms with E-state index in [1.165, 1.54) is 23.5 Å². The molecule has 4 rings (SSSR count). The molecule has 1 aliphatic rings. The molecule has 3 aromatic rings. The van der Waals surface area contributed by atoms with Gasteiger partial charge in [-0.2, -0.15) is 5.10 Å². The first-order valence-electron chi connectivity index (χ1n) is 8.48. The summed E-state index contributed by atoms with van der Waals surface area (Å²) in [4.78, 5) is 14.1. The quantitative estimate of drug-likeness (QED) is 0.741. The van der Waals surface area contributed by atoms with Crippen LogP contribution in [0.1, 0.15) is 39.1 Å². The van der Waals surface area contributed by atoms with Crippen LogP contribution in [-0.4, -0.2) is 22.3 Å². The number of rotatable bonds is 5. The van der Waals surface area contributed by atoms with Crippen LogP contribution in [0, 0.1) is 5.82 Å². The number of nitrogens with one attached hydrogen (secondary N) is 1. The van der Waals surface area contributed by atoms with Crippen molar-refractivity contribution < 1.29 is 13.9 Å². The summed E-state index contributed by atoms with van der Waals surface area (Å²) >= 11 is 1.48. The van der Waals surface area contributed by atoms with Crippen molar-refractivity contribution in [2.24, 2.45) is 0 Å². The molecule has 1 aliphatic heterocycles. The minimum absolute atomic E-state index is 0.103. The van der Waals surface area contributed by atoms with E-state index in [4.69, 9.17) is 4.74 Å². The molecule has 134 valence electrons. The van der Waals surface area contributed by atoms with Crippen LogP contribution in [0.15, 0.2) is 48.8 Å². The molecule has 0 unspecified atom stereocenters. The van der Waals surface area contributed by atoms with E-state index in [0.29, 0.717) is 11.4 Å². The largest absolute Gasteiger partial charge is 0.373 e. The Bertz CT molecular complexity index is 898. The smallest absolute Gasteiger partial charge is 0.261 e. The molecule has 1 amide bonds. The first-order chi connectivity index (χ1) is 12.7. The van der Waals surface area contributed by atoms with Crippen molar-refractivity contribution in [1.82, 2.24) is 15.1 Å². The lowest BCUT2D eigenvalue weighted by atomic mass is 10.2. The van der Waals surface area contributed by atoms with E-state index in [9.17, 15) is 9.18 Å². The topological polar surface area (TPSA) is 56.2 Å². The van der Waals surface area contributed by atoms with Crippen LogP contribution in [0.2, 0.25) is 0 Å². The number of nitrogens with zero attached hydrogens (tertiary/aromatic N) is 2. The third kappa shape index (κ3) is 3.68. The summed E-state index contributed by atoms with van der Waals surface area (Å²) in [5, 5.41) is 7.16. The highest BCUT2D eigenvalue weighted by Crippen LogP contribution is 2.33. The number of carbonyl (C=O) groups excluding carboxylic acids is 1. The number of amides is 1. The Kier molecular flexibility index (Phi) is 4.81. The lowest BCUT2D eigenvalue weighted by molar-refractivity contribution is 0.0955. The second-order valence-corrected chi connectivity index (χ2v) is 7.27. The molecule has 1 atom stereocenters. The van der Waals surface area contributed by atoms with Crippen molar-refractivity contribution in [2.75, 3.05) is 6.61 Å². The van der Waals surface area contributed by atoms with Gasteiger partial charge in [0.05, 0.1) is 22.9 Å². The van der Waals surface area contributed by atoms with Crippen molar-refractivity contribution in [3.8, 4) is 5.69 Å². The molecule has 7 heteroatoms. The van der Waals surface area contributed by atoms with Crippen LogP contribution in [0.5, 0.6) is 0 Å². The van der Waals surface area contributed by atoms with Crippen LogP contribution in [0.25, 0.3) is 5.69 Å². The monoisotopic (exact) mass is 371 g/mol. The van der Waals surface area contributed by atoms with E-state index < -0.39 is 0 Å². The maximum absolute atomic E-state index is 13.0. The van der Waals surface area contributed by atoms with Gasteiger partial charge in [0, 0.05) is 29.8 Å². The zero-order chi connectivity index (χ0) is 17.9. The number of hydrogen-bond donors (Lipinski definition) is 1. The molecule has 1 aromatic carbocycles. The van der Waals surface area contributed by atoms with Crippen molar-refractivity contribution in [2.45, 2.75) is 25.5 Å². The van der Waals surface area contributed by atoms with E-state index in [1.54, 1.807) is 23.0 Å². The molecule has 0 bridgehead atoms. The van der Waals surface area contributed by atoms with Gasteiger partial charge in [-0.1, -0.05) is 0 Å². The molecule has 1 fully saturated rings. The number of aromatic nitrogens is 2. The highest BCUT2D eigenvalue weighted by atomic mass is 32.1. The fourth-order valence-electron chi connectivity index (χ4n) is 2.91. The van der Waals surface area contributed by atoms with Gasteiger partial charge in [-0.3, -0.25) is 4.79 Å². The third-order valence-corrected chi connectivity index (χ3v) is 5.45. The molecule has 0 aliphatic carbocycles. The molecule has 0 saturated carbocycles. The number of ether oxygens (including phenoxy) is 1. The fraction of sp³-hybridized carbons (Fsp3) is 0.263. The first-order valence-corrected chi connectivity index (χ1v) is 9.30. The molecule has 1 saturated heterocycles. The maximum atomic E-state index is 13.0. The Morgan fingerprint density at radius 2 is 2.15 bits per heavy atom. The lowest BCUT2D eigenvalue weighted by Gasteiger charge is -2.05. The number of halogens is 1. The summed E-state index contributed by atoms with van der Waals surface area (Å²) in [7, 11) is 0. The van der Waals surface area contributed by atoms with E-state index in [1.807, 2.05) is 18.3 Å². The summed E-state index contributed by atoms with van der Waals surface area (Å²) in [6, 6.07) is 9.91. The lowest BCUT2D eigenvalue weighted by Crippen LogP contribution is -2.21. The van der Waals surface area contributed by atoms with Gasteiger partial charge in [0.25, 0.3) is 5.91 Å². The summed E-state index contributed by atoms with van der Waals surface area (Å²) in [5.74, 6) is -0.388. The summed E-state index contributed by atoms with van der Waals surface area (Å²) < 4.78 is 20.3. The second-order valence-electron chi connectivity index (χ2n) is 6.16. The Labute approximate surface area is 154 Å². The molecular weight excluding hydrogens is 353 g/mol. The third-order valence-electron chi connectivity index (χ3n) is 4.28.